The Morgan fingerprint density at radius 3 is 2.85 bits per heavy atom. The van der Waals surface area contributed by atoms with Crippen molar-refractivity contribution in [2.24, 2.45) is 5.92 Å². The number of esters is 1. The van der Waals surface area contributed by atoms with Gasteiger partial charge in [-0.25, -0.2) is 4.79 Å². The zero-order valence-corrected chi connectivity index (χ0v) is 15.5. The lowest BCUT2D eigenvalue weighted by molar-refractivity contribution is -0.135. The lowest BCUT2D eigenvalue weighted by atomic mass is 9.99. The Bertz CT molecular complexity index is 836. The Kier molecular flexibility index (Phi) is 4.68. The van der Waals surface area contributed by atoms with Gasteiger partial charge in [0, 0.05) is 29.1 Å². The fraction of sp³-hybridized carbons (Fsp3) is 0.400. The molecule has 2 aliphatic rings. The number of hydrogen-bond donors (Lipinski definition) is 0. The molecule has 1 fully saturated rings. The van der Waals surface area contributed by atoms with Gasteiger partial charge < -0.3 is 14.4 Å². The minimum absolute atomic E-state index is 0.111. The molecule has 1 saturated heterocycles. The molecule has 2 aromatic rings. The molecule has 0 aliphatic carbocycles. The zero-order chi connectivity index (χ0) is 18.1. The van der Waals surface area contributed by atoms with Crippen LogP contribution in [0.1, 0.15) is 35.0 Å². The maximum atomic E-state index is 12.4. The van der Waals surface area contributed by atoms with Gasteiger partial charge in [0.15, 0.2) is 6.61 Å². The van der Waals surface area contributed by atoms with E-state index in [1.807, 2.05) is 30.3 Å². The van der Waals surface area contributed by atoms with E-state index in [-0.39, 0.29) is 12.5 Å². The van der Waals surface area contributed by atoms with Crippen molar-refractivity contribution >= 4 is 23.2 Å². The number of piperidine rings is 1. The van der Waals surface area contributed by atoms with Crippen molar-refractivity contribution in [3.05, 3.63) is 40.8 Å². The highest BCUT2D eigenvalue weighted by Crippen LogP contribution is 2.42. The molecule has 1 amide bonds. The highest BCUT2D eigenvalue weighted by Gasteiger charge is 2.25. The number of carbonyl (C=O) groups excluding carboxylic acids is 2. The molecular formula is C20H21NO4S. The molecule has 1 aromatic carbocycles. The molecule has 0 unspecified atom stereocenters. The molecule has 6 heteroatoms. The first-order chi connectivity index (χ1) is 12.6. The van der Waals surface area contributed by atoms with Crippen LogP contribution in [0.3, 0.4) is 0 Å². The van der Waals surface area contributed by atoms with E-state index < -0.39 is 5.97 Å². The summed E-state index contributed by atoms with van der Waals surface area (Å²) in [6.45, 7) is 3.95. The molecule has 0 atom stereocenters. The predicted molar refractivity (Wildman–Crippen MR) is 99.3 cm³/mol. The van der Waals surface area contributed by atoms with Crippen molar-refractivity contribution in [1.82, 2.24) is 4.90 Å². The van der Waals surface area contributed by atoms with Gasteiger partial charge in [0.25, 0.3) is 5.91 Å². The van der Waals surface area contributed by atoms with E-state index in [1.165, 1.54) is 11.3 Å². The van der Waals surface area contributed by atoms with Crippen LogP contribution in [0, 0.1) is 5.92 Å². The summed E-state index contributed by atoms with van der Waals surface area (Å²) < 4.78 is 11.0. The van der Waals surface area contributed by atoms with Gasteiger partial charge in [-0.1, -0.05) is 19.1 Å². The maximum Gasteiger partial charge on any atom is 0.348 e. The van der Waals surface area contributed by atoms with Gasteiger partial charge in [0.2, 0.25) is 0 Å². The fourth-order valence-corrected chi connectivity index (χ4v) is 4.44. The number of carbonyl (C=O) groups is 2. The third kappa shape index (κ3) is 3.33. The predicted octanol–water partition coefficient (Wildman–Crippen LogP) is 3.72. The first-order valence-corrected chi connectivity index (χ1v) is 9.73. The number of likely N-dealkylation sites (tertiary alicyclic amines) is 1. The topological polar surface area (TPSA) is 55.8 Å². The van der Waals surface area contributed by atoms with Gasteiger partial charge in [-0.2, -0.15) is 0 Å². The number of amides is 1. The van der Waals surface area contributed by atoms with Crippen molar-refractivity contribution in [2.75, 3.05) is 19.7 Å². The molecule has 0 radical (unpaired) electrons. The third-order valence-electron chi connectivity index (χ3n) is 4.99. The van der Waals surface area contributed by atoms with Crippen LogP contribution in [-0.4, -0.2) is 36.5 Å². The highest BCUT2D eigenvalue weighted by molar-refractivity contribution is 7.17. The van der Waals surface area contributed by atoms with E-state index in [4.69, 9.17) is 9.47 Å². The first-order valence-electron chi connectivity index (χ1n) is 8.91. The Hall–Kier alpha value is -2.34. The van der Waals surface area contributed by atoms with E-state index in [2.05, 4.69) is 6.92 Å². The van der Waals surface area contributed by atoms with Crippen molar-refractivity contribution < 1.29 is 19.1 Å². The molecule has 2 aliphatic heterocycles. The standard InChI is InChI=1S/C20H21NO4S/c1-13-6-8-21(9-7-13)18(22)12-25-20(23)17-10-14-11-24-16-5-3-2-4-15(16)19(14)26-17/h2-5,10,13H,6-9,11-12H2,1H3. The van der Waals surface area contributed by atoms with Gasteiger partial charge in [-0.15, -0.1) is 11.3 Å². The largest absolute Gasteiger partial charge is 0.488 e. The van der Waals surface area contributed by atoms with E-state index in [9.17, 15) is 9.59 Å². The summed E-state index contributed by atoms with van der Waals surface area (Å²) in [6, 6.07) is 9.60. The van der Waals surface area contributed by atoms with E-state index >= 15 is 0 Å². The molecule has 5 nitrogen and oxygen atoms in total. The second-order valence-electron chi connectivity index (χ2n) is 6.89. The van der Waals surface area contributed by atoms with Crippen LogP contribution in [0.5, 0.6) is 5.75 Å². The fourth-order valence-electron chi connectivity index (χ4n) is 3.35. The number of thiophene rings is 1. The van der Waals surface area contributed by atoms with Crippen molar-refractivity contribution in [1.29, 1.82) is 0 Å². The van der Waals surface area contributed by atoms with E-state index in [0.29, 0.717) is 17.4 Å². The normalized spacial score (nSPS) is 16.4. The molecule has 0 spiro atoms. The Labute approximate surface area is 156 Å². The van der Waals surface area contributed by atoms with Gasteiger partial charge in [-0.3, -0.25) is 4.79 Å². The van der Waals surface area contributed by atoms with Crippen LogP contribution in [0.2, 0.25) is 0 Å². The van der Waals surface area contributed by atoms with Gasteiger partial charge in [-0.05, 0) is 37.0 Å². The van der Waals surface area contributed by atoms with Crippen molar-refractivity contribution in [3.63, 3.8) is 0 Å². The van der Waals surface area contributed by atoms with Gasteiger partial charge >= 0.3 is 5.97 Å². The van der Waals surface area contributed by atoms with Crippen LogP contribution < -0.4 is 4.74 Å². The van der Waals surface area contributed by atoms with Crippen LogP contribution in [-0.2, 0) is 16.1 Å². The molecular weight excluding hydrogens is 350 g/mol. The van der Waals surface area contributed by atoms with Crippen molar-refractivity contribution in [3.8, 4) is 16.2 Å². The number of para-hydroxylation sites is 1. The van der Waals surface area contributed by atoms with Gasteiger partial charge in [0.05, 0.1) is 0 Å². The van der Waals surface area contributed by atoms with E-state index in [0.717, 1.165) is 47.7 Å². The second kappa shape index (κ2) is 7.11. The minimum Gasteiger partial charge on any atom is -0.488 e. The van der Waals surface area contributed by atoms with E-state index in [1.54, 1.807) is 4.90 Å². The second-order valence-corrected chi connectivity index (χ2v) is 7.94. The number of benzene rings is 1. The number of hydrogen-bond acceptors (Lipinski definition) is 5. The number of ether oxygens (including phenoxy) is 2. The average molecular weight is 371 g/mol. The molecule has 0 N–H and O–H groups in total. The molecule has 26 heavy (non-hydrogen) atoms. The molecule has 1 aromatic heterocycles. The molecule has 4 rings (SSSR count). The quantitative estimate of drug-likeness (QED) is 0.772. The highest BCUT2D eigenvalue weighted by atomic mass is 32.1. The number of rotatable bonds is 3. The van der Waals surface area contributed by atoms with Gasteiger partial charge in [0.1, 0.15) is 17.2 Å². The Morgan fingerprint density at radius 2 is 2.04 bits per heavy atom. The smallest absolute Gasteiger partial charge is 0.348 e. The monoisotopic (exact) mass is 371 g/mol. The molecule has 0 bridgehead atoms. The summed E-state index contributed by atoms with van der Waals surface area (Å²) in [5, 5.41) is 0. The number of fused-ring (bicyclic) bond motifs is 3. The summed E-state index contributed by atoms with van der Waals surface area (Å²) in [5.74, 6) is 0.932. The summed E-state index contributed by atoms with van der Waals surface area (Å²) in [4.78, 5) is 28.0. The third-order valence-corrected chi connectivity index (χ3v) is 6.18. The average Bonchev–Trinajstić information content (AvgIpc) is 3.11. The van der Waals surface area contributed by atoms with Crippen molar-refractivity contribution in [2.45, 2.75) is 26.4 Å². The molecule has 136 valence electrons. The summed E-state index contributed by atoms with van der Waals surface area (Å²) >= 11 is 1.39. The summed E-state index contributed by atoms with van der Waals surface area (Å²) in [6.07, 6.45) is 2.02. The molecule has 3 heterocycles. The van der Waals surface area contributed by atoms with Crippen LogP contribution in [0.15, 0.2) is 30.3 Å². The minimum atomic E-state index is -0.444. The molecule has 0 saturated carbocycles. The SMILES string of the molecule is CC1CCN(C(=O)COC(=O)c2cc3c(s2)-c2ccccc2OC3)CC1. The number of nitrogens with zero attached hydrogens (tertiary/aromatic N) is 1. The first kappa shape index (κ1) is 17.1. The summed E-state index contributed by atoms with van der Waals surface area (Å²) in [7, 11) is 0. The van der Waals surface area contributed by atoms with Crippen LogP contribution >= 0.6 is 11.3 Å². The maximum absolute atomic E-state index is 12.4. The summed E-state index contributed by atoms with van der Waals surface area (Å²) in [5.41, 5.74) is 1.98. The zero-order valence-electron chi connectivity index (χ0n) is 14.7. The lowest BCUT2D eigenvalue weighted by Crippen LogP contribution is -2.40. The Balaban J connectivity index is 1.41. The van der Waals surface area contributed by atoms with Crippen LogP contribution in [0.25, 0.3) is 10.4 Å². The lowest BCUT2D eigenvalue weighted by Gasteiger charge is -2.30. The Morgan fingerprint density at radius 1 is 1.27 bits per heavy atom. The van der Waals surface area contributed by atoms with Crippen LogP contribution in [0.4, 0.5) is 0 Å².